The number of ketones is 1. The summed E-state index contributed by atoms with van der Waals surface area (Å²) in [6.07, 6.45) is 0.153. The summed E-state index contributed by atoms with van der Waals surface area (Å²) in [5, 5.41) is 26.5. The number of hydrogen-bond donors (Lipinski definition) is 3. The number of hydrogen-bond acceptors (Lipinski definition) is 5. The maximum absolute atomic E-state index is 10.9. The van der Waals surface area contributed by atoms with Crippen molar-refractivity contribution in [1.82, 2.24) is 0 Å². The van der Waals surface area contributed by atoms with E-state index in [-0.39, 0.29) is 17.9 Å². The van der Waals surface area contributed by atoms with Crippen molar-refractivity contribution in [3.63, 3.8) is 0 Å². The maximum atomic E-state index is 10.9. The second-order valence-corrected chi connectivity index (χ2v) is 3.11. The highest BCUT2D eigenvalue weighted by molar-refractivity contribution is 5.97. The van der Waals surface area contributed by atoms with Crippen molar-refractivity contribution in [3.05, 3.63) is 23.8 Å². The third-order valence-corrected chi connectivity index (χ3v) is 1.94. The first-order valence-electron chi connectivity index (χ1n) is 4.25. The van der Waals surface area contributed by atoms with Crippen molar-refractivity contribution in [2.24, 2.45) is 5.73 Å². The van der Waals surface area contributed by atoms with Crippen LogP contribution in [0.25, 0.3) is 0 Å². The van der Waals surface area contributed by atoms with E-state index in [1.54, 1.807) is 0 Å². The molecule has 0 saturated carbocycles. The summed E-state index contributed by atoms with van der Waals surface area (Å²) < 4.78 is 0. The summed E-state index contributed by atoms with van der Waals surface area (Å²) in [7, 11) is 0. The lowest BCUT2D eigenvalue weighted by molar-refractivity contribution is -0.115. The van der Waals surface area contributed by atoms with Gasteiger partial charge in [0.05, 0.1) is 6.04 Å². The highest BCUT2D eigenvalue weighted by Gasteiger charge is 2.13. The zero-order chi connectivity index (χ0) is 11.4. The number of rotatable bonds is 3. The van der Waals surface area contributed by atoms with Gasteiger partial charge in [-0.25, -0.2) is 0 Å². The van der Waals surface area contributed by atoms with Gasteiger partial charge in [0, 0.05) is 0 Å². The van der Waals surface area contributed by atoms with Crippen LogP contribution in [0.5, 0.6) is 11.5 Å². The summed E-state index contributed by atoms with van der Waals surface area (Å²) >= 11 is 0. The molecular formula is C10H10N2O3. The largest absolute Gasteiger partial charge is 0.504 e. The highest BCUT2D eigenvalue weighted by Crippen LogP contribution is 2.25. The number of nitrogens with two attached hydrogens (primary N) is 1. The number of benzene rings is 1. The van der Waals surface area contributed by atoms with E-state index in [2.05, 4.69) is 0 Å². The quantitative estimate of drug-likeness (QED) is 0.478. The molecule has 0 aliphatic rings. The van der Waals surface area contributed by atoms with Gasteiger partial charge in [-0.05, 0) is 24.1 Å². The summed E-state index contributed by atoms with van der Waals surface area (Å²) in [6.45, 7) is 0. The fourth-order valence-corrected chi connectivity index (χ4v) is 1.13. The van der Waals surface area contributed by atoms with Gasteiger partial charge in [0.2, 0.25) is 5.78 Å². The Labute approximate surface area is 86.4 Å². The monoisotopic (exact) mass is 206 g/mol. The van der Waals surface area contributed by atoms with Gasteiger partial charge in [0.15, 0.2) is 11.5 Å². The first kappa shape index (κ1) is 11.0. The molecule has 0 fully saturated rings. The van der Waals surface area contributed by atoms with Gasteiger partial charge in [-0.3, -0.25) is 4.79 Å². The van der Waals surface area contributed by atoms with Crippen LogP contribution in [0.1, 0.15) is 5.56 Å². The van der Waals surface area contributed by atoms with Crippen LogP contribution in [-0.4, -0.2) is 22.0 Å². The Morgan fingerprint density at radius 3 is 2.67 bits per heavy atom. The Morgan fingerprint density at radius 2 is 2.13 bits per heavy atom. The zero-order valence-electron chi connectivity index (χ0n) is 7.84. The molecule has 1 atom stereocenters. The Balaban J connectivity index is 2.78. The molecule has 0 unspecified atom stereocenters. The number of phenols is 2. The minimum Gasteiger partial charge on any atom is -0.504 e. The molecule has 5 nitrogen and oxygen atoms in total. The molecule has 0 aromatic heterocycles. The maximum Gasteiger partial charge on any atom is 0.248 e. The summed E-state index contributed by atoms with van der Waals surface area (Å²) in [4.78, 5) is 10.9. The second kappa shape index (κ2) is 4.44. The average Bonchev–Trinajstić information content (AvgIpc) is 2.22. The molecule has 0 heterocycles. The molecule has 0 bridgehead atoms. The Hall–Kier alpha value is -2.06. The minimum atomic E-state index is -0.904. The van der Waals surface area contributed by atoms with E-state index < -0.39 is 11.8 Å². The van der Waals surface area contributed by atoms with Gasteiger partial charge in [-0.1, -0.05) is 6.07 Å². The van der Waals surface area contributed by atoms with Gasteiger partial charge in [0.25, 0.3) is 0 Å². The van der Waals surface area contributed by atoms with Gasteiger partial charge in [0.1, 0.15) is 6.07 Å². The van der Waals surface area contributed by atoms with Crippen molar-refractivity contribution in [1.29, 1.82) is 5.26 Å². The van der Waals surface area contributed by atoms with E-state index in [1.807, 2.05) is 0 Å². The molecule has 0 saturated heterocycles. The van der Waals surface area contributed by atoms with Crippen LogP contribution < -0.4 is 5.73 Å². The molecular weight excluding hydrogens is 196 g/mol. The first-order valence-corrected chi connectivity index (χ1v) is 4.25. The molecule has 0 amide bonds. The van der Waals surface area contributed by atoms with Crippen LogP contribution in [-0.2, 0) is 11.2 Å². The topological polar surface area (TPSA) is 107 Å². The van der Waals surface area contributed by atoms with E-state index in [9.17, 15) is 4.79 Å². The Morgan fingerprint density at radius 1 is 1.47 bits per heavy atom. The smallest absolute Gasteiger partial charge is 0.248 e. The van der Waals surface area contributed by atoms with Crippen LogP contribution in [0.15, 0.2) is 18.2 Å². The first-order chi connectivity index (χ1) is 7.04. The normalized spacial score (nSPS) is 11.7. The molecule has 0 aliphatic heterocycles. The van der Waals surface area contributed by atoms with Crippen LogP contribution in [0, 0.1) is 11.3 Å². The average molecular weight is 206 g/mol. The van der Waals surface area contributed by atoms with Gasteiger partial charge in [-0.15, -0.1) is 0 Å². The molecule has 0 radical (unpaired) electrons. The lowest BCUT2D eigenvalue weighted by Gasteiger charge is -2.06. The van der Waals surface area contributed by atoms with Gasteiger partial charge < -0.3 is 15.9 Å². The summed E-state index contributed by atoms with van der Waals surface area (Å²) in [5.74, 6) is -1.22. The summed E-state index contributed by atoms with van der Waals surface area (Å²) in [5.41, 5.74) is 6.02. The van der Waals surface area contributed by atoms with Crippen molar-refractivity contribution < 1.29 is 15.0 Å². The van der Waals surface area contributed by atoms with Crippen LogP contribution in [0.3, 0.4) is 0 Å². The number of carbonyl (C=O) groups is 1. The number of phenolic OH excluding ortho intramolecular Hbond substituents is 2. The molecule has 0 aliphatic carbocycles. The van der Waals surface area contributed by atoms with E-state index in [0.717, 1.165) is 0 Å². The lowest BCUT2D eigenvalue weighted by Crippen LogP contribution is -2.31. The predicted octanol–water partition coefficient (Wildman–Crippen LogP) is 0.0603. The molecule has 1 aromatic rings. The van der Waals surface area contributed by atoms with Crippen LogP contribution in [0.4, 0.5) is 0 Å². The van der Waals surface area contributed by atoms with E-state index in [1.165, 1.54) is 24.3 Å². The molecule has 1 aromatic carbocycles. The third-order valence-electron chi connectivity index (χ3n) is 1.94. The zero-order valence-corrected chi connectivity index (χ0v) is 7.84. The van der Waals surface area contributed by atoms with Gasteiger partial charge in [-0.2, -0.15) is 5.26 Å². The number of carbonyl (C=O) groups excluding carboxylic acids is 1. The minimum absolute atomic E-state index is 0.153. The van der Waals surface area contributed by atoms with Crippen molar-refractivity contribution in [2.75, 3.05) is 0 Å². The molecule has 5 heteroatoms. The van der Waals surface area contributed by atoms with E-state index >= 15 is 0 Å². The summed E-state index contributed by atoms with van der Waals surface area (Å²) in [6, 6.07) is 4.66. The Bertz CT molecular complexity index is 423. The fourth-order valence-electron chi connectivity index (χ4n) is 1.13. The highest BCUT2D eigenvalue weighted by atomic mass is 16.3. The Kier molecular flexibility index (Phi) is 3.26. The lowest BCUT2D eigenvalue weighted by atomic mass is 10.0. The number of nitriles is 1. The van der Waals surface area contributed by atoms with Crippen molar-refractivity contribution in [3.8, 4) is 17.6 Å². The second-order valence-electron chi connectivity index (χ2n) is 3.11. The number of aromatic hydroxyl groups is 2. The molecule has 15 heavy (non-hydrogen) atoms. The third kappa shape index (κ3) is 2.69. The van der Waals surface area contributed by atoms with Crippen LogP contribution in [0.2, 0.25) is 0 Å². The SMILES string of the molecule is N#CC(=O)[C@H](N)Cc1ccc(O)c(O)c1. The standard InChI is InChI=1S/C10H10N2O3/c11-5-10(15)7(12)3-6-1-2-8(13)9(14)4-6/h1-2,4,7,13-14H,3,12H2/t7-/m1/s1. The molecule has 4 N–H and O–H groups in total. The number of Topliss-reactive ketones (excluding diaryl/α,β-unsaturated/α-hetero) is 1. The van der Waals surface area contributed by atoms with Crippen molar-refractivity contribution in [2.45, 2.75) is 12.5 Å². The molecule has 0 spiro atoms. The van der Waals surface area contributed by atoms with Gasteiger partial charge >= 0.3 is 0 Å². The van der Waals surface area contributed by atoms with Crippen molar-refractivity contribution >= 4 is 5.78 Å². The fraction of sp³-hybridized carbons (Fsp3) is 0.200. The van der Waals surface area contributed by atoms with Crippen LogP contribution >= 0.6 is 0 Å². The van der Waals surface area contributed by atoms with E-state index in [4.69, 9.17) is 21.2 Å². The molecule has 1 rings (SSSR count). The predicted molar refractivity (Wildman–Crippen MR) is 52.1 cm³/mol. The van der Waals surface area contributed by atoms with E-state index in [0.29, 0.717) is 5.56 Å². The molecule has 78 valence electrons. The number of nitrogens with zero attached hydrogens (tertiary/aromatic N) is 1.